The lowest BCUT2D eigenvalue weighted by atomic mass is 9.97. The molecule has 2 saturated heterocycles. The summed E-state index contributed by atoms with van der Waals surface area (Å²) in [6.45, 7) is 0. The van der Waals surface area contributed by atoms with Gasteiger partial charge in [0, 0.05) is 31.4 Å². The highest BCUT2D eigenvalue weighted by Crippen LogP contribution is 2.41. The van der Waals surface area contributed by atoms with Gasteiger partial charge < -0.3 is 4.90 Å². The molecule has 2 fully saturated rings. The van der Waals surface area contributed by atoms with E-state index in [0.29, 0.717) is 11.7 Å². The molecule has 4 heterocycles. The number of nitrogens with zero attached hydrogens (tertiary/aromatic N) is 5. The molecule has 2 aliphatic rings. The Bertz CT molecular complexity index is 831. The Morgan fingerprint density at radius 3 is 2.50 bits per heavy atom. The zero-order valence-corrected chi connectivity index (χ0v) is 14.9. The van der Waals surface area contributed by atoms with Crippen molar-refractivity contribution in [2.75, 3.05) is 0 Å². The van der Waals surface area contributed by atoms with Crippen LogP contribution in [0.3, 0.4) is 0 Å². The third-order valence-electron chi connectivity index (χ3n) is 5.07. The molecule has 2 atom stereocenters. The van der Waals surface area contributed by atoms with Crippen LogP contribution in [0.4, 0.5) is 0 Å². The zero-order chi connectivity index (χ0) is 16.8. The van der Waals surface area contributed by atoms with E-state index in [-0.39, 0.29) is 23.6 Å². The number of rotatable bonds is 2. The number of piperidine rings is 1. The highest BCUT2D eigenvalue weighted by molar-refractivity contribution is 9.10. The number of hydrogen-bond acceptors (Lipinski definition) is 4. The lowest BCUT2D eigenvalue weighted by Crippen LogP contribution is -2.47. The number of halogens is 1. The maximum atomic E-state index is 12.9. The molecule has 2 unspecified atom stereocenters. The third kappa shape index (κ3) is 2.58. The summed E-state index contributed by atoms with van der Waals surface area (Å²) in [6.07, 6.45) is 7.64. The number of fused-ring (bicyclic) bond motifs is 2. The Hall–Kier alpha value is -1.96. The molecule has 4 rings (SSSR count). The maximum absolute atomic E-state index is 12.9. The molecule has 0 spiro atoms. The fourth-order valence-corrected chi connectivity index (χ4v) is 4.26. The smallest absolute Gasteiger partial charge is 0.274 e. The summed E-state index contributed by atoms with van der Waals surface area (Å²) in [5.41, 5.74) is 0.131. The van der Waals surface area contributed by atoms with Gasteiger partial charge in [0.2, 0.25) is 0 Å². The third-order valence-corrected chi connectivity index (χ3v) is 5.48. The number of amides is 1. The van der Waals surface area contributed by atoms with Gasteiger partial charge in [-0.05, 0) is 47.7 Å². The Balaban J connectivity index is 1.56. The summed E-state index contributed by atoms with van der Waals surface area (Å²) < 4.78 is 4.19. The Morgan fingerprint density at radius 2 is 1.92 bits per heavy atom. The molecule has 126 valence electrons. The van der Waals surface area contributed by atoms with Crippen molar-refractivity contribution in [2.24, 2.45) is 7.05 Å². The molecule has 0 aliphatic carbocycles. The van der Waals surface area contributed by atoms with Crippen molar-refractivity contribution in [3.8, 4) is 0 Å². The number of aromatic nitrogens is 4. The van der Waals surface area contributed by atoms with Gasteiger partial charge in [-0.15, -0.1) is 0 Å². The standard InChI is InChI=1S/C16H18BrN5O2/c1-20-15(23)5-4-14(19-20)16(24)22-11-2-3-12(22)7-13(6-11)21-9-10(17)8-18-21/h4-5,8-9,11-13H,2-3,6-7H2,1H3. The number of carbonyl (C=O) groups excluding carboxylic acids is 1. The number of carbonyl (C=O) groups is 1. The molecule has 2 aromatic rings. The molecule has 2 aliphatic heterocycles. The van der Waals surface area contributed by atoms with E-state index in [1.807, 2.05) is 15.8 Å². The molecule has 24 heavy (non-hydrogen) atoms. The van der Waals surface area contributed by atoms with Gasteiger partial charge in [-0.3, -0.25) is 14.3 Å². The SMILES string of the molecule is Cn1nc(C(=O)N2C3CCC2CC(n2cc(Br)cn2)C3)ccc1=O. The quantitative estimate of drug-likeness (QED) is 0.781. The van der Waals surface area contributed by atoms with Crippen molar-refractivity contribution < 1.29 is 4.79 Å². The molecule has 7 nitrogen and oxygen atoms in total. The second kappa shape index (κ2) is 5.84. The summed E-state index contributed by atoms with van der Waals surface area (Å²) >= 11 is 3.44. The Morgan fingerprint density at radius 1 is 1.21 bits per heavy atom. The number of aryl methyl sites for hydroxylation is 1. The van der Waals surface area contributed by atoms with Crippen LogP contribution in [-0.2, 0) is 7.05 Å². The van der Waals surface area contributed by atoms with E-state index in [2.05, 4.69) is 26.1 Å². The minimum Gasteiger partial charge on any atom is -0.331 e. The first kappa shape index (κ1) is 15.6. The fourth-order valence-electron chi connectivity index (χ4n) is 3.96. The normalized spacial score (nSPS) is 25.9. The predicted molar refractivity (Wildman–Crippen MR) is 90.7 cm³/mol. The highest BCUT2D eigenvalue weighted by atomic mass is 79.9. The highest BCUT2D eigenvalue weighted by Gasteiger charge is 2.44. The van der Waals surface area contributed by atoms with Crippen molar-refractivity contribution in [3.63, 3.8) is 0 Å². The van der Waals surface area contributed by atoms with Gasteiger partial charge in [0.25, 0.3) is 11.5 Å². The van der Waals surface area contributed by atoms with Crippen LogP contribution in [0.1, 0.15) is 42.2 Å². The Labute approximate surface area is 147 Å². The average molecular weight is 392 g/mol. The van der Waals surface area contributed by atoms with Crippen molar-refractivity contribution in [2.45, 2.75) is 43.8 Å². The molecule has 0 N–H and O–H groups in total. The van der Waals surface area contributed by atoms with Crippen LogP contribution in [0.25, 0.3) is 0 Å². The maximum Gasteiger partial charge on any atom is 0.274 e. The average Bonchev–Trinajstić information content (AvgIpc) is 3.10. The van der Waals surface area contributed by atoms with E-state index in [4.69, 9.17) is 0 Å². The van der Waals surface area contributed by atoms with Crippen molar-refractivity contribution in [1.82, 2.24) is 24.5 Å². The molecule has 8 heteroatoms. The fraction of sp³-hybridized carbons (Fsp3) is 0.500. The van der Waals surface area contributed by atoms with Gasteiger partial charge in [0.1, 0.15) is 5.69 Å². The molecule has 0 saturated carbocycles. The van der Waals surface area contributed by atoms with Gasteiger partial charge >= 0.3 is 0 Å². The van der Waals surface area contributed by atoms with Crippen LogP contribution in [0.5, 0.6) is 0 Å². The van der Waals surface area contributed by atoms with Crippen LogP contribution >= 0.6 is 15.9 Å². The first-order chi connectivity index (χ1) is 11.5. The predicted octanol–water partition coefficient (Wildman–Crippen LogP) is 1.75. The summed E-state index contributed by atoms with van der Waals surface area (Å²) in [5.74, 6) is -0.0711. The summed E-state index contributed by atoms with van der Waals surface area (Å²) in [4.78, 5) is 26.3. The largest absolute Gasteiger partial charge is 0.331 e. The van der Waals surface area contributed by atoms with E-state index in [1.165, 1.54) is 16.8 Å². The van der Waals surface area contributed by atoms with Crippen LogP contribution in [0, 0.1) is 0 Å². The van der Waals surface area contributed by atoms with Gasteiger partial charge in [0.15, 0.2) is 0 Å². The van der Waals surface area contributed by atoms with Crippen LogP contribution in [-0.4, -0.2) is 42.5 Å². The van der Waals surface area contributed by atoms with Crippen LogP contribution in [0.2, 0.25) is 0 Å². The lowest BCUT2D eigenvalue weighted by Gasteiger charge is -2.38. The van der Waals surface area contributed by atoms with E-state index >= 15 is 0 Å². The molecular weight excluding hydrogens is 374 g/mol. The summed E-state index contributed by atoms with van der Waals surface area (Å²) in [7, 11) is 1.57. The summed E-state index contributed by atoms with van der Waals surface area (Å²) in [6, 6.07) is 3.68. The van der Waals surface area contributed by atoms with E-state index in [9.17, 15) is 9.59 Å². The van der Waals surface area contributed by atoms with E-state index < -0.39 is 0 Å². The van der Waals surface area contributed by atoms with Crippen molar-refractivity contribution in [1.29, 1.82) is 0 Å². The van der Waals surface area contributed by atoms with Crippen LogP contribution in [0.15, 0.2) is 33.8 Å². The molecule has 1 amide bonds. The zero-order valence-electron chi connectivity index (χ0n) is 13.3. The molecule has 0 aromatic carbocycles. The topological polar surface area (TPSA) is 73.0 Å². The van der Waals surface area contributed by atoms with Gasteiger partial charge in [0.05, 0.1) is 16.7 Å². The molecular formula is C16H18BrN5O2. The lowest BCUT2D eigenvalue weighted by molar-refractivity contribution is 0.0515. The van der Waals surface area contributed by atoms with Crippen molar-refractivity contribution in [3.05, 3.63) is 45.0 Å². The first-order valence-electron chi connectivity index (χ1n) is 8.09. The molecule has 2 bridgehead atoms. The second-order valence-corrected chi connectivity index (χ2v) is 7.46. The Kier molecular flexibility index (Phi) is 3.79. The van der Waals surface area contributed by atoms with E-state index in [1.54, 1.807) is 13.2 Å². The second-order valence-electron chi connectivity index (χ2n) is 6.54. The number of hydrogen-bond donors (Lipinski definition) is 0. The van der Waals surface area contributed by atoms with Gasteiger partial charge in [-0.25, -0.2) is 4.68 Å². The van der Waals surface area contributed by atoms with Gasteiger partial charge in [-0.1, -0.05) is 0 Å². The van der Waals surface area contributed by atoms with E-state index in [0.717, 1.165) is 30.2 Å². The summed E-state index contributed by atoms with van der Waals surface area (Å²) in [5, 5.41) is 8.52. The monoisotopic (exact) mass is 391 g/mol. The minimum absolute atomic E-state index is 0.0711. The molecule has 2 aromatic heterocycles. The minimum atomic E-state index is -0.211. The van der Waals surface area contributed by atoms with Gasteiger partial charge in [-0.2, -0.15) is 10.2 Å². The first-order valence-corrected chi connectivity index (χ1v) is 8.89. The van der Waals surface area contributed by atoms with Crippen molar-refractivity contribution >= 4 is 21.8 Å². The van der Waals surface area contributed by atoms with Crippen LogP contribution < -0.4 is 5.56 Å². The molecule has 0 radical (unpaired) electrons.